The van der Waals surface area contributed by atoms with Gasteiger partial charge in [0.15, 0.2) is 0 Å². The fourth-order valence-electron chi connectivity index (χ4n) is 4.16. The van der Waals surface area contributed by atoms with Crippen molar-refractivity contribution in [3.8, 4) is 23.0 Å². The molecule has 10 nitrogen and oxygen atoms in total. The Kier molecular flexibility index (Phi) is 11.9. The van der Waals surface area contributed by atoms with Crippen LogP contribution in [-0.4, -0.2) is 43.6 Å². The number of carbonyl (C=O) groups excluding carboxylic acids is 4. The quantitative estimate of drug-likeness (QED) is 0.0600. The summed E-state index contributed by atoms with van der Waals surface area (Å²) in [5.41, 5.74) is 0.0565. The van der Waals surface area contributed by atoms with Crippen LogP contribution in [0.3, 0.4) is 0 Å². The minimum Gasteiger partial charge on any atom is -0.457 e. The Bertz CT molecular complexity index is 1650. The molecule has 0 saturated heterocycles. The summed E-state index contributed by atoms with van der Waals surface area (Å²) in [5.74, 6) is -4.21. The second kappa shape index (κ2) is 16.5. The maximum Gasteiger partial charge on any atom is 0.399 e. The zero-order valence-electron chi connectivity index (χ0n) is 25.5. The van der Waals surface area contributed by atoms with Gasteiger partial charge in [-0.25, -0.2) is 19.2 Å². The second-order valence-electron chi connectivity index (χ2n) is 9.80. The molecule has 0 radical (unpaired) electrons. The van der Waals surface area contributed by atoms with Crippen molar-refractivity contribution in [2.75, 3.05) is 13.6 Å². The van der Waals surface area contributed by atoms with Crippen LogP contribution in [0.5, 0.6) is 23.0 Å². The molecule has 49 heavy (non-hydrogen) atoms. The topological polar surface area (TPSA) is 124 Å². The average molecular weight is 677 g/mol. The normalized spacial score (nSPS) is 10.8. The molecule has 0 saturated carbocycles. The zero-order chi connectivity index (χ0) is 35.4. The molecule has 0 unspecified atom stereocenters. The third-order valence-electron chi connectivity index (χ3n) is 6.54. The van der Waals surface area contributed by atoms with Gasteiger partial charge in [-0.3, -0.25) is 0 Å². The number of halogens is 3. The number of alkyl halides is 3. The summed E-state index contributed by atoms with van der Waals surface area (Å²) in [6.45, 7) is 5.81. The first kappa shape index (κ1) is 35.5. The molecular formula is C36H27F3O10. The van der Waals surface area contributed by atoms with Crippen molar-refractivity contribution in [3.63, 3.8) is 0 Å². The van der Waals surface area contributed by atoms with Gasteiger partial charge in [0.25, 0.3) is 0 Å². The molecule has 0 spiro atoms. The Balaban J connectivity index is 1.36. The highest BCUT2D eigenvalue weighted by Gasteiger charge is 2.42. The molecule has 4 rings (SSSR count). The average Bonchev–Trinajstić information content (AvgIpc) is 3.09. The van der Waals surface area contributed by atoms with Crippen LogP contribution in [0, 0.1) is 0 Å². The summed E-state index contributed by atoms with van der Waals surface area (Å²) in [5, 5.41) is 0. The van der Waals surface area contributed by atoms with Crippen LogP contribution in [0.15, 0.2) is 122 Å². The van der Waals surface area contributed by atoms with Gasteiger partial charge in [0.1, 0.15) is 28.9 Å². The zero-order valence-corrected chi connectivity index (χ0v) is 25.5. The van der Waals surface area contributed by atoms with Gasteiger partial charge in [-0.15, -0.1) is 0 Å². The number of hydrogen-bond acceptors (Lipinski definition) is 10. The van der Waals surface area contributed by atoms with E-state index < -0.39 is 36.0 Å². The number of hydrogen-bond donors (Lipinski definition) is 0. The fourth-order valence-corrected chi connectivity index (χ4v) is 4.16. The molecule has 0 amide bonds. The summed E-state index contributed by atoms with van der Waals surface area (Å²) < 4.78 is 73.2. The molecule has 0 aliphatic heterocycles. The van der Waals surface area contributed by atoms with E-state index in [4.69, 9.17) is 28.4 Å². The van der Waals surface area contributed by atoms with E-state index in [2.05, 4.69) is 13.2 Å². The third-order valence-corrected chi connectivity index (χ3v) is 6.54. The van der Waals surface area contributed by atoms with Gasteiger partial charge >= 0.3 is 30.1 Å². The fraction of sp³-hybridized carbons (Fsp3) is 0.111. The molecule has 4 aromatic carbocycles. The van der Waals surface area contributed by atoms with E-state index in [1.54, 1.807) is 0 Å². The highest BCUT2D eigenvalue weighted by molar-refractivity contribution is 5.91. The van der Waals surface area contributed by atoms with Crippen molar-refractivity contribution in [1.29, 1.82) is 0 Å². The van der Waals surface area contributed by atoms with Crippen LogP contribution >= 0.6 is 0 Å². The van der Waals surface area contributed by atoms with E-state index in [0.29, 0.717) is 11.5 Å². The second-order valence-corrected chi connectivity index (χ2v) is 9.80. The molecule has 0 aliphatic carbocycles. The van der Waals surface area contributed by atoms with E-state index in [1.807, 2.05) is 0 Å². The molecule has 0 atom stereocenters. The van der Waals surface area contributed by atoms with Crippen LogP contribution in [0.2, 0.25) is 0 Å². The van der Waals surface area contributed by atoms with Gasteiger partial charge in [0.2, 0.25) is 13.6 Å². The van der Waals surface area contributed by atoms with Crippen LogP contribution in [0.1, 0.15) is 37.8 Å². The maximum atomic E-state index is 14.2. The van der Waals surface area contributed by atoms with Gasteiger partial charge in [-0.05, 0) is 83.9 Å². The maximum absolute atomic E-state index is 14.2. The van der Waals surface area contributed by atoms with E-state index >= 15 is 0 Å². The number of rotatable bonds is 14. The molecule has 0 N–H and O–H groups in total. The molecule has 0 aromatic heterocycles. The lowest BCUT2D eigenvalue weighted by Crippen LogP contribution is -2.22. The van der Waals surface area contributed by atoms with Crippen molar-refractivity contribution >= 4 is 23.9 Å². The van der Waals surface area contributed by atoms with Gasteiger partial charge in [-0.1, -0.05) is 37.4 Å². The van der Waals surface area contributed by atoms with E-state index in [9.17, 15) is 32.3 Å². The molecule has 0 aliphatic rings. The number of benzene rings is 4. The Morgan fingerprint density at radius 3 is 1.18 bits per heavy atom. The Morgan fingerprint density at radius 2 is 0.878 bits per heavy atom. The highest BCUT2D eigenvalue weighted by atomic mass is 19.4. The summed E-state index contributed by atoms with van der Waals surface area (Å²) >= 11 is 0. The van der Waals surface area contributed by atoms with E-state index in [1.165, 1.54) is 97.1 Å². The lowest BCUT2D eigenvalue weighted by molar-refractivity contribution is -0.145. The van der Waals surface area contributed by atoms with Crippen molar-refractivity contribution in [1.82, 2.24) is 0 Å². The molecule has 13 heteroatoms. The van der Waals surface area contributed by atoms with Gasteiger partial charge in [-0.2, -0.15) is 13.2 Å². The van der Waals surface area contributed by atoms with Crippen molar-refractivity contribution in [3.05, 3.63) is 145 Å². The summed E-state index contributed by atoms with van der Waals surface area (Å²) in [6.07, 6.45) is -2.72. The van der Waals surface area contributed by atoms with Crippen LogP contribution in [0.4, 0.5) is 13.2 Å². The largest absolute Gasteiger partial charge is 0.457 e. The first-order chi connectivity index (χ1) is 23.5. The summed E-state index contributed by atoms with van der Waals surface area (Å²) in [6, 6.07) is 21.2. The Hall–Kier alpha value is -6.37. The first-order valence-corrected chi connectivity index (χ1v) is 14.2. The van der Waals surface area contributed by atoms with Crippen molar-refractivity contribution in [2.45, 2.75) is 12.1 Å². The number of carbonyl (C=O) groups is 4. The summed E-state index contributed by atoms with van der Waals surface area (Å²) in [4.78, 5) is 47.3. The predicted octanol–water partition coefficient (Wildman–Crippen LogP) is 6.95. The standard InChI is InChI=1S/C36H27F3O10/c1-3-31(40)46-21-44-27-13-9-25(10-14-27)34(42)48-29-17-5-23(6-18-29)33(36(37,38)39)24-7-19-30(20-8-24)49-35(43)26-11-15-28(16-12-26)45-22-47-32(41)4-2/h3-20,33H,1-2,21-22H2. The van der Waals surface area contributed by atoms with Gasteiger partial charge in [0.05, 0.1) is 11.1 Å². The number of esters is 4. The van der Waals surface area contributed by atoms with Gasteiger partial charge < -0.3 is 28.4 Å². The van der Waals surface area contributed by atoms with Crippen molar-refractivity contribution < 1.29 is 60.8 Å². The summed E-state index contributed by atoms with van der Waals surface area (Å²) in [7, 11) is 0. The van der Waals surface area contributed by atoms with Crippen molar-refractivity contribution in [2.24, 2.45) is 0 Å². The third kappa shape index (κ3) is 10.3. The Labute approximate surface area is 277 Å². The molecule has 252 valence electrons. The monoisotopic (exact) mass is 676 g/mol. The van der Waals surface area contributed by atoms with Crippen LogP contribution in [0.25, 0.3) is 0 Å². The lowest BCUT2D eigenvalue weighted by Gasteiger charge is -2.21. The molecule has 0 bridgehead atoms. The first-order valence-electron chi connectivity index (χ1n) is 14.2. The predicted molar refractivity (Wildman–Crippen MR) is 167 cm³/mol. The Morgan fingerprint density at radius 1 is 0.551 bits per heavy atom. The van der Waals surface area contributed by atoms with Crippen LogP contribution < -0.4 is 18.9 Å². The van der Waals surface area contributed by atoms with E-state index in [0.717, 1.165) is 12.2 Å². The SMILES string of the molecule is C=CC(=O)OCOc1ccc(C(=O)Oc2ccc(C(c3ccc(OC(=O)c4ccc(OCOC(=O)C=C)cc4)cc3)C(F)(F)F)cc2)cc1. The van der Waals surface area contributed by atoms with E-state index in [-0.39, 0.29) is 47.3 Å². The lowest BCUT2D eigenvalue weighted by atomic mass is 9.90. The minimum absolute atomic E-state index is 0.0179. The minimum atomic E-state index is -4.68. The smallest absolute Gasteiger partial charge is 0.399 e. The number of ether oxygens (including phenoxy) is 6. The van der Waals surface area contributed by atoms with Crippen LogP contribution in [-0.2, 0) is 19.1 Å². The molecular weight excluding hydrogens is 649 g/mol. The molecule has 0 fully saturated rings. The highest BCUT2D eigenvalue weighted by Crippen LogP contribution is 2.41. The molecule has 4 aromatic rings. The van der Waals surface area contributed by atoms with Gasteiger partial charge in [0, 0.05) is 12.2 Å². The molecule has 0 heterocycles.